The molecule has 0 atom stereocenters. The highest BCUT2D eigenvalue weighted by molar-refractivity contribution is 7.80. The highest BCUT2D eigenvalue weighted by Crippen LogP contribution is 2.17. The van der Waals surface area contributed by atoms with Crippen molar-refractivity contribution in [1.82, 2.24) is 9.78 Å². The second-order valence-corrected chi connectivity index (χ2v) is 4.01. The highest BCUT2D eigenvalue weighted by Gasteiger charge is 2.07. The summed E-state index contributed by atoms with van der Waals surface area (Å²) in [6.45, 7) is 0. The molecule has 0 spiro atoms. The van der Waals surface area contributed by atoms with Gasteiger partial charge in [-0.3, -0.25) is 0 Å². The van der Waals surface area contributed by atoms with Gasteiger partial charge in [0.1, 0.15) is 17.5 Å². The third-order valence-electron chi connectivity index (χ3n) is 2.48. The number of rotatable bonds is 3. The van der Waals surface area contributed by atoms with E-state index in [4.69, 9.17) is 11.0 Å². The summed E-state index contributed by atoms with van der Waals surface area (Å²) in [6.07, 6.45) is 5.42. The lowest BCUT2D eigenvalue weighted by atomic mass is 10.2. The molecule has 0 fully saturated rings. The van der Waals surface area contributed by atoms with E-state index in [1.54, 1.807) is 4.68 Å². The van der Waals surface area contributed by atoms with E-state index >= 15 is 0 Å². The predicted molar refractivity (Wildman–Crippen MR) is 75.6 cm³/mol. The van der Waals surface area contributed by atoms with Crippen molar-refractivity contribution < 1.29 is 0 Å². The van der Waals surface area contributed by atoms with Crippen LogP contribution < -0.4 is 5.73 Å². The first-order valence-electron chi connectivity index (χ1n) is 5.37. The molecular formula is C13H12N4S. The summed E-state index contributed by atoms with van der Waals surface area (Å²) in [5, 5.41) is 12.9. The zero-order valence-corrected chi connectivity index (χ0v) is 10.5. The topological polar surface area (TPSA) is 67.6 Å². The van der Waals surface area contributed by atoms with Crippen LogP contribution in [-0.4, -0.2) is 15.5 Å². The molecule has 0 amide bonds. The minimum absolute atomic E-state index is 0.358. The van der Waals surface area contributed by atoms with E-state index in [-0.39, 0.29) is 0 Å². The zero-order chi connectivity index (χ0) is 13.0. The van der Waals surface area contributed by atoms with Gasteiger partial charge in [-0.1, -0.05) is 24.3 Å². The Labute approximate surface area is 111 Å². The smallest absolute Gasteiger partial charge is 0.145 e. The number of benzene rings is 1. The van der Waals surface area contributed by atoms with Crippen LogP contribution in [0.2, 0.25) is 0 Å². The standard InChI is InChI=1S/C13H12N4S/c14-8-11-9-16-17(13(11)15)12-5-3-10(4-6-12)2-1-7-18/h1-6,9,18H,7,15H2. The summed E-state index contributed by atoms with van der Waals surface area (Å²) in [4.78, 5) is 0. The van der Waals surface area contributed by atoms with Gasteiger partial charge in [0.15, 0.2) is 0 Å². The van der Waals surface area contributed by atoms with Crippen molar-refractivity contribution in [1.29, 1.82) is 5.26 Å². The van der Waals surface area contributed by atoms with Crippen LogP contribution in [0.25, 0.3) is 11.8 Å². The van der Waals surface area contributed by atoms with Crippen molar-refractivity contribution in [3.8, 4) is 11.8 Å². The van der Waals surface area contributed by atoms with Crippen LogP contribution in [0.1, 0.15) is 11.1 Å². The van der Waals surface area contributed by atoms with Gasteiger partial charge < -0.3 is 5.73 Å². The van der Waals surface area contributed by atoms with E-state index in [0.29, 0.717) is 17.1 Å². The molecule has 1 aromatic heterocycles. The van der Waals surface area contributed by atoms with E-state index in [9.17, 15) is 0 Å². The average Bonchev–Trinajstić information content (AvgIpc) is 2.78. The number of thiol groups is 1. The monoisotopic (exact) mass is 256 g/mol. The summed E-state index contributed by atoms with van der Waals surface area (Å²) in [5.74, 6) is 1.07. The molecule has 5 heteroatoms. The van der Waals surface area contributed by atoms with Crippen LogP contribution in [0.5, 0.6) is 0 Å². The zero-order valence-electron chi connectivity index (χ0n) is 9.61. The van der Waals surface area contributed by atoms with Crippen molar-refractivity contribution in [2.75, 3.05) is 11.5 Å². The molecule has 0 saturated carbocycles. The van der Waals surface area contributed by atoms with Gasteiger partial charge in [0.2, 0.25) is 0 Å². The Morgan fingerprint density at radius 1 is 1.39 bits per heavy atom. The molecule has 2 N–H and O–H groups in total. The lowest BCUT2D eigenvalue weighted by Gasteiger charge is -2.04. The van der Waals surface area contributed by atoms with Gasteiger partial charge in [-0.25, -0.2) is 4.68 Å². The number of nitrogens with two attached hydrogens (primary N) is 1. The number of anilines is 1. The van der Waals surface area contributed by atoms with Gasteiger partial charge in [-0.2, -0.15) is 23.0 Å². The number of nitrogens with zero attached hydrogens (tertiary/aromatic N) is 3. The van der Waals surface area contributed by atoms with Crippen LogP contribution >= 0.6 is 12.6 Å². The first-order valence-corrected chi connectivity index (χ1v) is 6.01. The Bertz CT molecular complexity index is 605. The Kier molecular flexibility index (Phi) is 3.70. The minimum atomic E-state index is 0.358. The minimum Gasteiger partial charge on any atom is -0.382 e. The van der Waals surface area contributed by atoms with Gasteiger partial charge in [0.05, 0.1) is 11.9 Å². The fourth-order valence-electron chi connectivity index (χ4n) is 1.57. The maximum absolute atomic E-state index is 8.82. The Morgan fingerprint density at radius 3 is 2.67 bits per heavy atom. The van der Waals surface area contributed by atoms with Crippen LogP contribution in [-0.2, 0) is 0 Å². The summed E-state index contributed by atoms with van der Waals surface area (Å²) in [7, 11) is 0. The maximum atomic E-state index is 8.82. The van der Waals surface area contributed by atoms with Crippen molar-refractivity contribution in [3.63, 3.8) is 0 Å². The number of nitriles is 1. The van der Waals surface area contributed by atoms with Crippen LogP contribution in [0.4, 0.5) is 5.82 Å². The summed E-state index contributed by atoms with van der Waals surface area (Å²) in [6, 6.07) is 9.73. The molecule has 0 saturated heterocycles. The van der Waals surface area contributed by atoms with Gasteiger partial charge in [-0.15, -0.1) is 0 Å². The predicted octanol–water partition coefficient (Wildman–Crippen LogP) is 2.27. The van der Waals surface area contributed by atoms with E-state index in [0.717, 1.165) is 11.3 Å². The van der Waals surface area contributed by atoms with E-state index in [1.807, 2.05) is 42.5 Å². The summed E-state index contributed by atoms with van der Waals surface area (Å²) >= 11 is 4.11. The molecule has 0 bridgehead atoms. The molecule has 90 valence electrons. The van der Waals surface area contributed by atoms with E-state index in [1.165, 1.54) is 6.20 Å². The molecule has 18 heavy (non-hydrogen) atoms. The second kappa shape index (κ2) is 5.43. The van der Waals surface area contributed by atoms with Gasteiger partial charge >= 0.3 is 0 Å². The lowest BCUT2D eigenvalue weighted by molar-refractivity contribution is 0.891. The van der Waals surface area contributed by atoms with Crippen molar-refractivity contribution in [3.05, 3.63) is 47.7 Å². The molecule has 0 radical (unpaired) electrons. The van der Waals surface area contributed by atoms with Crippen molar-refractivity contribution >= 4 is 24.5 Å². The Balaban J connectivity index is 2.32. The molecular weight excluding hydrogens is 244 g/mol. The first-order chi connectivity index (χ1) is 8.76. The van der Waals surface area contributed by atoms with Crippen molar-refractivity contribution in [2.45, 2.75) is 0 Å². The molecule has 0 aliphatic rings. The largest absolute Gasteiger partial charge is 0.382 e. The molecule has 1 aromatic carbocycles. The number of aromatic nitrogens is 2. The number of nitrogen functional groups attached to an aromatic ring is 1. The first kappa shape index (κ1) is 12.3. The molecule has 0 aliphatic carbocycles. The molecule has 0 aliphatic heterocycles. The highest BCUT2D eigenvalue weighted by atomic mass is 32.1. The lowest BCUT2D eigenvalue weighted by Crippen LogP contribution is -2.02. The summed E-state index contributed by atoms with van der Waals surface area (Å²) in [5.41, 5.74) is 8.11. The molecule has 2 rings (SSSR count). The molecule has 0 unspecified atom stereocenters. The SMILES string of the molecule is N#Cc1cnn(-c2ccc(C=CCS)cc2)c1N. The maximum Gasteiger partial charge on any atom is 0.145 e. The van der Waals surface area contributed by atoms with E-state index < -0.39 is 0 Å². The normalized spacial score (nSPS) is 10.7. The quantitative estimate of drug-likeness (QED) is 0.828. The van der Waals surface area contributed by atoms with Crippen LogP contribution in [0, 0.1) is 11.3 Å². The Morgan fingerprint density at radius 2 is 2.11 bits per heavy atom. The fraction of sp³-hybridized carbons (Fsp3) is 0.0769. The van der Waals surface area contributed by atoms with Crippen LogP contribution in [0.3, 0.4) is 0 Å². The third kappa shape index (κ3) is 2.39. The fourth-order valence-corrected chi connectivity index (χ4v) is 1.67. The van der Waals surface area contributed by atoms with Gasteiger partial charge in [-0.05, 0) is 17.7 Å². The van der Waals surface area contributed by atoms with Crippen LogP contribution in [0.15, 0.2) is 36.5 Å². The molecule has 4 nitrogen and oxygen atoms in total. The van der Waals surface area contributed by atoms with Gasteiger partial charge in [0, 0.05) is 5.75 Å². The van der Waals surface area contributed by atoms with Crippen molar-refractivity contribution in [2.24, 2.45) is 0 Å². The summed E-state index contributed by atoms with van der Waals surface area (Å²) < 4.78 is 1.55. The third-order valence-corrected chi connectivity index (χ3v) is 2.69. The molecule has 1 heterocycles. The van der Waals surface area contributed by atoms with Gasteiger partial charge in [0.25, 0.3) is 0 Å². The number of hydrogen-bond acceptors (Lipinski definition) is 4. The molecule has 2 aromatic rings. The van der Waals surface area contributed by atoms with E-state index in [2.05, 4.69) is 17.7 Å². The number of hydrogen-bond donors (Lipinski definition) is 2. The second-order valence-electron chi connectivity index (χ2n) is 3.64. The average molecular weight is 256 g/mol. The Hall–Kier alpha value is -2.19.